The van der Waals surface area contributed by atoms with Gasteiger partial charge in [0.25, 0.3) is 0 Å². The zero-order chi connectivity index (χ0) is 14.7. The summed E-state index contributed by atoms with van der Waals surface area (Å²) in [5, 5.41) is 2.35. The molecule has 1 fully saturated rings. The highest BCUT2D eigenvalue weighted by Gasteiger charge is 2.35. The summed E-state index contributed by atoms with van der Waals surface area (Å²) in [6.07, 6.45) is -0.808. The van der Waals surface area contributed by atoms with Crippen LogP contribution in [0.3, 0.4) is 0 Å². The molecule has 2 rings (SSSR count). The number of esters is 2. The lowest BCUT2D eigenvalue weighted by atomic mass is 10.2. The lowest BCUT2D eigenvalue weighted by Gasteiger charge is -2.09. The zero-order valence-electron chi connectivity index (χ0n) is 10.8. The van der Waals surface area contributed by atoms with Gasteiger partial charge in [0.1, 0.15) is 6.10 Å². The quantitative estimate of drug-likeness (QED) is 0.803. The van der Waals surface area contributed by atoms with Crippen molar-refractivity contribution in [3.05, 3.63) is 29.8 Å². The van der Waals surface area contributed by atoms with E-state index in [9.17, 15) is 14.4 Å². The largest absolute Gasteiger partial charge is 0.460 e. The van der Waals surface area contributed by atoms with Crippen LogP contribution in [0.25, 0.3) is 0 Å². The summed E-state index contributed by atoms with van der Waals surface area (Å²) in [7, 11) is 0. The molecule has 2 amide bonds. The third-order valence-corrected chi connectivity index (χ3v) is 2.74. The summed E-state index contributed by atoms with van der Waals surface area (Å²) in [4.78, 5) is 34.0. The van der Waals surface area contributed by atoms with E-state index in [4.69, 9.17) is 15.2 Å². The summed E-state index contributed by atoms with van der Waals surface area (Å²) < 4.78 is 9.98. The lowest BCUT2D eigenvalue weighted by Crippen LogP contribution is -2.23. The van der Waals surface area contributed by atoms with Gasteiger partial charge in [-0.05, 0) is 25.1 Å². The molecule has 0 bridgehead atoms. The minimum absolute atomic E-state index is 0.212. The van der Waals surface area contributed by atoms with Crippen molar-refractivity contribution in [1.82, 2.24) is 0 Å². The first-order chi connectivity index (χ1) is 9.45. The molecule has 1 aromatic rings. The van der Waals surface area contributed by atoms with Crippen LogP contribution >= 0.6 is 0 Å². The summed E-state index contributed by atoms with van der Waals surface area (Å²) in [5.74, 6) is -1.20. The van der Waals surface area contributed by atoms with Gasteiger partial charge in [-0.15, -0.1) is 0 Å². The second-order valence-corrected chi connectivity index (χ2v) is 4.45. The minimum Gasteiger partial charge on any atom is -0.460 e. The SMILES string of the molecule is C[C@@H]1C[C@H](OC(=O)c2cccc(NC(N)=O)c2)C(=O)O1. The van der Waals surface area contributed by atoms with Crippen molar-refractivity contribution in [3.63, 3.8) is 0 Å². The van der Waals surface area contributed by atoms with E-state index in [1.165, 1.54) is 12.1 Å². The van der Waals surface area contributed by atoms with Gasteiger partial charge in [-0.3, -0.25) is 0 Å². The van der Waals surface area contributed by atoms with E-state index in [1.54, 1.807) is 19.1 Å². The zero-order valence-corrected chi connectivity index (χ0v) is 10.8. The van der Waals surface area contributed by atoms with E-state index in [-0.39, 0.29) is 11.7 Å². The molecular weight excluding hydrogens is 264 g/mol. The van der Waals surface area contributed by atoms with Crippen LogP contribution in [-0.2, 0) is 14.3 Å². The van der Waals surface area contributed by atoms with Gasteiger partial charge in [-0.25, -0.2) is 14.4 Å². The summed E-state index contributed by atoms with van der Waals surface area (Å²) >= 11 is 0. The molecular formula is C13H14N2O5. The molecule has 0 aromatic heterocycles. The Bertz CT molecular complexity index is 557. The van der Waals surface area contributed by atoms with Crippen molar-refractivity contribution in [2.45, 2.75) is 25.6 Å². The Morgan fingerprint density at radius 2 is 2.20 bits per heavy atom. The number of benzene rings is 1. The number of nitrogens with two attached hydrogens (primary N) is 1. The number of ether oxygens (including phenoxy) is 2. The van der Waals surface area contributed by atoms with Gasteiger partial charge < -0.3 is 20.5 Å². The number of nitrogens with one attached hydrogen (secondary N) is 1. The predicted octanol–water partition coefficient (Wildman–Crippen LogP) is 1.04. The number of carbonyl (C=O) groups is 3. The molecule has 2 atom stereocenters. The van der Waals surface area contributed by atoms with Crippen LogP contribution in [0.4, 0.5) is 10.5 Å². The smallest absolute Gasteiger partial charge is 0.347 e. The molecule has 1 heterocycles. The fourth-order valence-electron chi connectivity index (χ4n) is 1.88. The molecule has 0 saturated carbocycles. The van der Waals surface area contributed by atoms with Gasteiger partial charge in [0.05, 0.1) is 5.56 Å². The lowest BCUT2D eigenvalue weighted by molar-refractivity contribution is -0.147. The maximum absolute atomic E-state index is 11.9. The van der Waals surface area contributed by atoms with Crippen molar-refractivity contribution < 1.29 is 23.9 Å². The van der Waals surface area contributed by atoms with Crippen molar-refractivity contribution in [3.8, 4) is 0 Å². The van der Waals surface area contributed by atoms with Crippen molar-refractivity contribution >= 4 is 23.7 Å². The van der Waals surface area contributed by atoms with Crippen LogP contribution in [-0.4, -0.2) is 30.2 Å². The van der Waals surface area contributed by atoms with Gasteiger partial charge in [0.15, 0.2) is 0 Å². The van der Waals surface area contributed by atoms with E-state index < -0.39 is 24.1 Å². The highest BCUT2D eigenvalue weighted by molar-refractivity contribution is 5.94. The number of urea groups is 1. The first-order valence-electron chi connectivity index (χ1n) is 6.03. The van der Waals surface area contributed by atoms with Crippen LogP contribution in [0.5, 0.6) is 0 Å². The molecule has 0 unspecified atom stereocenters. The molecule has 0 radical (unpaired) electrons. The fourth-order valence-corrected chi connectivity index (χ4v) is 1.88. The summed E-state index contributed by atoms with van der Waals surface area (Å²) in [6, 6.07) is 5.34. The second kappa shape index (κ2) is 5.60. The molecule has 20 heavy (non-hydrogen) atoms. The monoisotopic (exact) mass is 278 g/mol. The van der Waals surface area contributed by atoms with E-state index in [0.717, 1.165) is 0 Å². The standard InChI is InChI=1S/C13H14N2O5/c1-7-5-10(12(17)19-7)20-11(16)8-3-2-4-9(6-8)15-13(14)18/h2-4,6-7,10H,5H2,1H3,(H3,14,15,18)/t7-,10+/m1/s1. The van der Waals surface area contributed by atoms with Crippen molar-refractivity contribution in [2.24, 2.45) is 5.73 Å². The number of hydrogen-bond acceptors (Lipinski definition) is 5. The Kier molecular flexibility index (Phi) is 3.88. The molecule has 1 aromatic carbocycles. The molecule has 7 heteroatoms. The summed E-state index contributed by atoms with van der Waals surface area (Å²) in [6.45, 7) is 1.73. The third kappa shape index (κ3) is 3.25. The average molecular weight is 278 g/mol. The number of rotatable bonds is 3. The maximum Gasteiger partial charge on any atom is 0.347 e. The van der Waals surface area contributed by atoms with Gasteiger partial charge >= 0.3 is 18.0 Å². The van der Waals surface area contributed by atoms with Crippen molar-refractivity contribution in [1.29, 1.82) is 0 Å². The van der Waals surface area contributed by atoms with Crippen LogP contribution in [0.15, 0.2) is 24.3 Å². The van der Waals surface area contributed by atoms with Gasteiger partial charge in [0, 0.05) is 12.1 Å². The first kappa shape index (κ1) is 13.9. The molecule has 0 aliphatic carbocycles. The molecule has 1 aliphatic rings. The molecule has 1 aliphatic heterocycles. The Hall–Kier alpha value is -2.57. The Morgan fingerprint density at radius 3 is 2.80 bits per heavy atom. The number of primary amides is 1. The van der Waals surface area contributed by atoms with Gasteiger partial charge in [-0.1, -0.05) is 6.07 Å². The molecule has 7 nitrogen and oxygen atoms in total. The fraction of sp³-hybridized carbons (Fsp3) is 0.308. The van der Waals surface area contributed by atoms with Crippen LogP contribution in [0.1, 0.15) is 23.7 Å². The maximum atomic E-state index is 11.9. The number of carbonyl (C=O) groups excluding carboxylic acids is 3. The van der Waals surface area contributed by atoms with E-state index in [2.05, 4.69) is 5.32 Å². The number of hydrogen-bond donors (Lipinski definition) is 2. The van der Waals surface area contributed by atoms with E-state index in [0.29, 0.717) is 12.1 Å². The topological polar surface area (TPSA) is 108 Å². The third-order valence-electron chi connectivity index (χ3n) is 2.74. The highest BCUT2D eigenvalue weighted by Crippen LogP contribution is 2.19. The van der Waals surface area contributed by atoms with Crippen LogP contribution in [0.2, 0.25) is 0 Å². The van der Waals surface area contributed by atoms with E-state index >= 15 is 0 Å². The number of anilines is 1. The van der Waals surface area contributed by atoms with Crippen LogP contribution < -0.4 is 11.1 Å². The Balaban J connectivity index is 2.05. The number of cyclic esters (lactones) is 1. The molecule has 106 valence electrons. The highest BCUT2D eigenvalue weighted by atomic mass is 16.6. The molecule has 1 saturated heterocycles. The summed E-state index contributed by atoms with van der Waals surface area (Å²) in [5.41, 5.74) is 5.57. The van der Waals surface area contributed by atoms with Gasteiger partial charge in [-0.2, -0.15) is 0 Å². The van der Waals surface area contributed by atoms with Crippen LogP contribution in [0, 0.1) is 0 Å². The van der Waals surface area contributed by atoms with E-state index in [1.807, 2.05) is 0 Å². The Labute approximate surface area is 115 Å². The normalized spacial score (nSPS) is 21.1. The average Bonchev–Trinajstić information content (AvgIpc) is 2.67. The second-order valence-electron chi connectivity index (χ2n) is 4.45. The van der Waals surface area contributed by atoms with Gasteiger partial charge in [0.2, 0.25) is 6.10 Å². The minimum atomic E-state index is -0.884. The first-order valence-corrected chi connectivity index (χ1v) is 6.03. The predicted molar refractivity (Wildman–Crippen MR) is 69.0 cm³/mol. The Morgan fingerprint density at radius 1 is 1.45 bits per heavy atom. The molecule has 3 N–H and O–H groups in total. The van der Waals surface area contributed by atoms with Crippen molar-refractivity contribution in [2.75, 3.05) is 5.32 Å². The molecule has 0 spiro atoms. The number of amides is 2.